The zero-order valence-corrected chi connectivity index (χ0v) is 11.6. The molecule has 1 heterocycles. The van der Waals surface area contributed by atoms with E-state index in [4.69, 9.17) is 5.73 Å². The highest BCUT2D eigenvalue weighted by molar-refractivity contribution is 9.10. The molecule has 1 aromatic heterocycles. The van der Waals surface area contributed by atoms with Gasteiger partial charge in [0.1, 0.15) is 0 Å². The summed E-state index contributed by atoms with van der Waals surface area (Å²) in [5.74, 6) is 0. The standard InChI is InChI=1S/C13H16BrN3/c1-9-7-16-17(8-9)13-4-3-11(5-10(2)15)6-12(13)14/h3-4,6-8,10H,5,15H2,1-2H3. The molecule has 0 amide bonds. The molecule has 0 fully saturated rings. The van der Waals surface area contributed by atoms with Gasteiger partial charge in [0, 0.05) is 16.7 Å². The van der Waals surface area contributed by atoms with E-state index in [0.29, 0.717) is 0 Å². The Hall–Kier alpha value is -1.13. The number of halogens is 1. The van der Waals surface area contributed by atoms with Crippen LogP contribution in [-0.2, 0) is 6.42 Å². The van der Waals surface area contributed by atoms with Crippen LogP contribution in [0.3, 0.4) is 0 Å². The molecule has 0 radical (unpaired) electrons. The lowest BCUT2D eigenvalue weighted by Crippen LogP contribution is -2.17. The predicted molar refractivity (Wildman–Crippen MR) is 73.4 cm³/mol. The first-order valence-electron chi connectivity index (χ1n) is 5.62. The van der Waals surface area contributed by atoms with Gasteiger partial charge in [0.25, 0.3) is 0 Å². The van der Waals surface area contributed by atoms with Crippen molar-refractivity contribution in [2.75, 3.05) is 0 Å². The Labute approximate surface area is 110 Å². The van der Waals surface area contributed by atoms with Crippen molar-refractivity contribution in [2.24, 2.45) is 5.73 Å². The van der Waals surface area contributed by atoms with E-state index in [2.05, 4.69) is 39.2 Å². The Kier molecular flexibility index (Phi) is 3.64. The molecule has 1 atom stereocenters. The second kappa shape index (κ2) is 5.02. The number of hydrogen-bond donors (Lipinski definition) is 1. The smallest absolute Gasteiger partial charge is 0.0787 e. The van der Waals surface area contributed by atoms with Gasteiger partial charge in [-0.2, -0.15) is 5.10 Å². The minimum atomic E-state index is 0.180. The Morgan fingerprint density at radius 2 is 2.24 bits per heavy atom. The van der Waals surface area contributed by atoms with E-state index in [1.54, 1.807) is 0 Å². The summed E-state index contributed by atoms with van der Waals surface area (Å²) < 4.78 is 2.91. The molecule has 0 aliphatic heterocycles. The normalized spacial score (nSPS) is 12.7. The molecular weight excluding hydrogens is 278 g/mol. The summed E-state index contributed by atoms with van der Waals surface area (Å²) in [5.41, 5.74) is 9.23. The molecule has 0 saturated heterocycles. The van der Waals surface area contributed by atoms with E-state index < -0.39 is 0 Å². The van der Waals surface area contributed by atoms with Gasteiger partial charge in [-0.15, -0.1) is 0 Å². The lowest BCUT2D eigenvalue weighted by atomic mass is 10.1. The SMILES string of the molecule is Cc1cnn(-c2ccc(CC(C)N)cc2Br)c1. The highest BCUT2D eigenvalue weighted by atomic mass is 79.9. The molecule has 3 nitrogen and oxygen atoms in total. The van der Waals surface area contributed by atoms with E-state index >= 15 is 0 Å². The predicted octanol–water partition coefficient (Wildman–Crippen LogP) is 2.83. The summed E-state index contributed by atoms with van der Waals surface area (Å²) >= 11 is 3.58. The monoisotopic (exact) mass is 293 g/mol. The molecule has 0 spiro atoms. The minimum Gasteiger partial charge on any atom is -0.328 e. The minimum absolute atomic E-state index is 0.180. The molecular formula is C13H16BrN3. The maximum atomic E-state index is 5.79. The van der Waals surface area contributed by atoms with Crippen molar-refractivity contribution in [3.63, 3.8) is 0 Å². The van der Waals surface area contributed by atoms with Crippen LogP contribution in [0.1, 0.15) is 18.1 Å². The van der Waals surface area contributed by atoms with E-state index in [0.717, 1.165) is 22.1 Å². The second-order valence-corrected chi connectivity index (χ2v) is 5.28. The van der Waals surface area contributed by atoms with Gasteiger partial charge in [-0.3, -0.25) is 0 Å². The summed E-state index contributed by atoms with van der Waals surface area (Å²) in [6.45, 7) is 4.04. The van der Waals surface area contributed by atoms with Crippen LogP contribution in [0.2, 0.25) is 0 Å². The molecule has 0 aliphatic rings. The van der Waals surface area contributed by atoms with Crippen molar-refractivity contribution < 1.29 is 0 Å². The van der Waals surface area contributed by atoms with Crippen LogP contribution in [0, 0.1) is 6.92 Å². The highest BCUT2D eigenvalue weighted by Crippen LogP contribution is 2.22. The third kappa shape index (κ3) is 2.96. The first-order chi connectivity index (χ1) is 8.06. The Morgan fingerprint density at radius 1 is 1.47 bits per heavy atom. The lowest BCUT2D eigenvalue weighted by molar-refractivity contribution is 0.737. The van der Waals surface area contributed by atoms with Crippen molar-refractivity contribution >= 4 is 15.9 Å². The van der Waals surface area contributed by atoms with Crippen molar-refractivity contribution in [2.45, 2.75) is 26.3 Å². The van der Waals surface area contributed by atoms with E-state index in [1.807, 2.05) is 30.9 Å². The van der Waals surface area contributed by atoms with Gasteiger partial charge in [0.05, 0.1) is 11.9 Å². The van der Waals surface area contributed by atoms with Crippen LogP contribution in [0.25, 0.3) is 5.69 Å². The van der Waals surface area contributed by atoms with Crippen molar-refractivity contribution in [1.29, 1.82) is 0 Å². The number of benzene rings is 1. The van der Waals surface area contributed by atoms with Gasteiger partial charge in [-0.05, 0) is 59.5 Å². The molecule has 2 N–H and O–H groups in total. The summed E-state index contributed by atoms with van der Waals surface area (Å²) in [7, 11) is 0. The maximum Gasteiger partial charge on any atom is 0.0787 e. The van der Waals surface area contributed by atoms with Crippen molar-refractivity contribution in [1.82, 2.24) is 9.78 Å². The largest absolute Gasteiger partial charge is 0.328 e. The Morgan fingerprint density at radius 3 is 2.76 bits per heavy atom. The molecule has 1 unspecified atom stereocenters. The molecule has 4 heteroatoms. The average molecular weight is 294 g/mol. The highest BCUT2D eigenvalue weighted by Gasteiger charge is 2.06. The van der Waals surface area contributed by atoms with Crippen LogP contribution in [-0.4, -0.2) is 15.8 Å². The first-order valence-corrected chi connectivity index (χ1v) is 6.41. The van der Waals surface area contributed by atoms with E-state index in [1.165, 1.54) is 5.56 Å². The van der Waals surface area contributed by atoms with Gasteiger partial charge in [-0.1, -0.05) is 6.07 Å². The van der Waals surface area contributed by atoms with Crippen LogP contribution >= 0.6 is 15.9 Å². The fraction of sp³-hybridized carbons (Fsp3) is 0.308. The summed E-state index contributed by atoms with van der Waals surface area (Å²) in [6, 6.07) is 6.45. The van der Waals surface area contributed by atoms with Crippen LogP contribution in [0.15, 0.2) is 35.1 Å². The van der Waals surface area contributed by atoms with E-state index in [9.17, 15) is 0 Å². The van der Waals surface area contributed by atoms with Crippen LogP contribution < -0.4 is 5.73 Å². The number of aromatic nitrogens is 2. The molecule has 90 valence electrons. The molecule has 0 saturated carbocycles. The van der Waals surface area contributed by atoms with Gasteiger partial charge in [0.2, 0.25) is 0 Å². The van der Waals surface area contributed by atoms with Gasteiger partial charge in [0.15, 0.2) is 0 Å². The maximum absolute atomic E-state index is 5.79. The van der Waals surface area contributed by atoms with Crippen LogP contribution in [0.5, 0.6) is 0 Å². The third-order valence-electron chi connectivity index (χ3n) is 2.53. The summed E-state index contributed by atoms with van der Waals surface area (Å²) in [5, 5.41) is 4.30. The third-order valence-corrected chi connectivity index (χ3v) is 3.16. The van der Waals surface area contributed by atoms with Crippen molar-refractivity contribution in [3.05, 3.63) is 46.2 Å². The first kappa shape index (κ1) is 12.3. The van der Waals surface area contributed by atoms with Gasteiger partial charge < -0.3 is 5.73 Å². The Bertz CT molecular complexity index is 517. The Balaban J connectivity index is 2.31. The molecule has 2 aromatic rings. The van der Waals surface area contributed by atoms with Crippen molar-refractivity contribution in [3.8, 4) is 5.69 Å². The number of nitrogens with two attached hydrogens (primary N) is 1. The van der Waals surface area contributed by atoms with Crippen LogP contribution in [0.4, 0.5) is 0 Å². The molecule has 2 rings (SSSR count). The van der Waals surface area contributed by atoms with Gasteiger partial charge >= 0.3 is 0 Å². The fourth-order valence-corrected chi connectivity index (χ4v) is 2.39. The molecule has 1 aromatic carbocycles. The lowest BCUT2D eigenvalue weighted by Gasteiger charge is -2.09. The summed E-state index contributed by atoms with van der Waals surface area (Å²) in [6.07, 6.45) is 4.74. The summed E-state index contributed by atoms with van der Waals surface area (Å²) in [4.78, 5) is 0. The zero-order chi connectivity index (χ0) is 12.4. The zero-order valence-electron chi connectivity index (χ0n) is 10.0. The number of rotatable bonds is 3. The fourth-order valence-electron chi connectivity index (χ4n) is 1.78. The molecule has 17 heavy (non-hydrogen) atoms. The quantitative estimate of drug-likeness (QED) is 0.946. The number of nitrogens with zero attached hydrogens (tertiary/aromatic N) is 2. The van der Waals surface area contributed by atoms with Gasteiger partial charge in [-0.25, -0.2) is 4.68 Å². The topological polar surface area (TPSA) is 43.8 Å². The molecule has 0 aliphatic carbocycles. The average Bonchev–Trinajstić information content (AvgIpc) is 2.64. The molecule has 0 bridgehead atoms. The number of hydrogen-bond acceptors (Lipinski definition) is 2. The number of aryl methyl sites for hydroxylation is 1. The second-order valence-electron chi connectivity index (χ2n) is 4.43. The van der Waals surface area contributed by atoms with E-state index in [-0.39, 0.29) is 6.04 Å².